The molecule has 1 aromatic rings. The standard InChI is InChI=1S/C14H22N4O4/c1-2-21-14(19)16-3-6-22-13-10-11(9-12(15)17-13)18-4-7-20-8-5-18/h9-10H,2-8H2,1H3,(H2,15,17)(H,16,19). The maximum Gasteiger partial charge on any atom is 0.407 e. The number of nitrogen functional groups attached to an aromatic ring is 1. The van der Waals surface area contributed by atoms with E-state index in [1.165, 1.54) is 0 Å². The zero-order valence-electron chi connectivity index (χ0n) is 12.7. The Morgan fingerprint density at radius 3 is 2.95 bits per heavy atom. The van der Waals surface area contributed by atoms with Gasteiger partial charge in [0.1, 0.15) is 12.4 Å². The van der Waals surface area contributed by atoms with Crippen molar-refractivity contribution in [2.24, 2.45) is 0 Å². The number of carbonyl (C=O) groups excluding carboxylic acids is 1. The van der Waals surface area contributed by atoms with Crippen LogP contribution in [-0.2, 0) is 9.47 Å². The molecule has 0 unspecified atom stereocenters. The Hall–Kier alpha value is -2.22. The number of carbonyl (C=O) groups is 1. The second kappa shape index (κ2) is 8.28. The fourth-order valence-electron chi connectivity index (χ4n) is 2.08. The average Bonchev–Trinajstić information content (AvgIpc) is 2.52. The molecule has 0 saturated carbocycles. The monoisotopic (exact) mass is 310 g/mol. The van der Waals surface area contributed by atoms with Gasteiger partial charge in [-0.2, -0.15) is 4.98 Å². The molecular weight excluding hydrogens is 288 g/mol. The van der Waals surface area contributed by atoms with Gasteiger partial charge in [0.05, 0.1) is 26.4 Å². The molecule has 0 radical (unpaired) electrons. The van der Waals surface area contributed by atoms with Crippen molar-refractivity contribution < 1.29 is 19.0 Å². The molecule has 0 spiro atoms. The molecule has 1 aliphatic heterocycles. The van der Waals surface area contributed by atoms with E-state index in [0.717, 1.165) is 18.8 Å². The van der Waals surface area contributed by atoms with Crippen LogP contribution in [0, 0.1) is 0 Å². The first-order chi connectivity index (χ1) is 10.7. The largest absolute Gasteiger partial charge is 0.476 e. The third-order valence-electron chi connectivity index (χ3n) is 3.08. The van der Waals surface area contributed by atoms with E-state index in [2.05, 4.69) is 15.2 Å². The van der Waals surface area contributed by atoms with Crippen molar-refractivity contribution in [3.05, 3.63) is 12.1 Å². The fourth-order valence-corrected chi connectivity index (χ4v) is 2.08. The number of nitrogens with zero attached hydrogens (tertiary/aromatic N) is 2. The average molecular weight is 310 g/mol. The number of nitrogens with one attached hydrogen (secondary N) is 1. The van der Waals surface area contributed by atoms with Crippen LogP contribution in [0.3, 0.4) is 0 Å². The number of alkyl carbamates (subject to hydrolysis) is 1. The smallest absolute Gasteiger partial charge is 0.407 e. The van der Waals surface area contributed by atoms with Gasteiger partial charge in [0.25, 0.3) is 0 Å². The lowest BCUT2D eigenvalue weighted by Crippen LogP contribution is -2.36. The van der Waals surface area contributed by atoms with Crippen LogP contribution in [0.1, 0.15) is 6.92 Å². The van der Waals surface area contributed by atoms with Gasteiger partial charge in [-0.25, -0.2) is 4.79 Å². The summed E-state index contributed by atoms with van der Waals surface area (Å²) in [5, 5.41) is 2.57. The predicted octanol–water partition coefficient (Wildman–Crippen LogP) is 0.625. The first-order valence-corrected chi connectivity index (χ1v) is 7.32. The van der Waals surface area contributed by atoms with E-state index in [1.807, 2.05) is 12.1 Å². The van der Waals surface area contributed by atoms with Crippen LogP contribution < -0.4 is 20.7 Å². The molecule has 1 amide bonds. The van der Waals surface area contributed by atoms with E-state index in [0.29, 0.717) is 38.1 Å². The number of hydrogen-bond acceptors (Lipinski definition) is 7. The maximum atomic E-state index is 11.1. The number of aromatic nitrogens is 1. The zero-order valence-corrected chi connectivity index (χ0v) is 12.7. The Balaban J connectivity index is 1.85. The van der Waals surface area contributed by atoms with Gasteiger partial charge in [-0.1, -0.05) is 0 Å². The molecule has 122 valence electrons. The summed E-state index contributed by atoms with van der Waals surface area (Å²) in [5.41, 5.74) is 6.78. The number of rotatable bonds is 6. The summed E-state index contributed by atoms with van der Waals surface area (Å²) in [6.07, 6.45) is -0.458. The third kappa shape index (κ3) is 4.96. The summed E-state index contributed by atoms with van der Waals surface area (Å²) < 4.78 is 15.6. The van der Waals surface area contributed by atoms with Crippen molar-refractivity contribution in [1.29, 1.82) is 0 Å². The van der Waals surface area contributed by atoms with Crippen LogP contribution >= 0.6 is 0 Å². The number of amides is 1. The number of anilines is 2. The molecule has 22 heavy (non-hydrogen) atoms. The molecule has 2 rings (SSSR count). The Morgan fingerprint density at radius 2 is 2.23 bits per heavy atom. The van der Waals surface area contributed by atoms with Crippen LogP contribution in [0.5, 0.6) is 5.88 Å². The Morgan fingerprint density at radius 1 is 1.45 bits per heavy atom. The van der Waals surface area contributed by atoms with Crippen molar-refractivity contribution in [3.8, 4) is 5.88 Å². The van der Waals surface area contributed by atoms with Crippen molar-refractivity contribution in [2.45, 2.75) is 6.92 Å². The SMILES string of the molecule is CCOC(=O)NCCOc1cc(N2CCOCC2)cc(N)n1. The van der Waals surface area contributed by atoms with E-state index < -0.39 is 6.09 Å². The molecule has 8 heteroatoms. The van der Waals surface area contributed by atoms with Gasteiger partial charge in [-0.15, -0.1) is 0 Å². The molecular formula is C14H22N4O4. The number of ether oxygens (including phenoxy) is 3. The summed E-state index contributed by atoms with van der Waals surface area (Å²) in [5.74, 6) is 0.837. The quantitative estimate of drug-likeness (QED) is 0.743. The summed E-state index contributed by atoms with van der Waals surface area (Å²) in [4.78, 5) is 17.4. The lowest BCUT2D eigenvalue weighted by molar-refractivity contribution is 0.122. The maximum absolute atomic E-state index is 11.1. The first-order valence-electron chi connectivity index (χ1n) is 7.32. The van der Waals surface area contributed by atoms with Gasteiger partial charge in [-0.05, 0) is 6.92 Å². The highest BCUT2D eigenvalue weighted by Crippen LogP contribution is 2.23. The predicted molar refractivity (Wildman–Crippen MR) is 82.2 cm³/mol. The number of pyridine rings is 1. The minimum atomic E-state index is -0.458. The lowest BCUT2D eigenvalue weighted by Gasteiger charge is -2.29. The zero-order chi connectivity index (χ0) is 15.8. The molecule has 1 fully saturated rings. The molecule has 2 heterocycles. The van der Waals surface area contributed by atoms with Gasteiger partial charge in [0.15, 0.2) is 0 Å². The van der Waals surface area contributed by atoms with E-state index in [9.17, 15) is 4.79 Å². The van der Waals surface area contributed by atoms with E-state index in [4.69, 9.17) is 19.9 Å². The van der Waals surface area contributed by atoms with Gasteiger partial charge in [0.2, 0.25) is 5.88 Å². The molecule has 0 aromatic carbocycles. The molecule has 1 saturated heterocycles. The van der Waals surface area contributed by atoms with E-state index in [-0.39, 0.29) is 6.61 Å². The highest BCUT2D eigenvalue weighted by atomic mass is 16.5. The summed E-state index contributed by atoms with van der Waals surface area (Å²) in [6.45, 7) is 5.73. The highest BCUT2D eigenvalue weighted by molar-refractivity contribution is 5.67. The van der Waals surface area contributed by atoms with Gasteiger partial charge in [0, 0.05) is 30.9 Å². The van der Waals surface area contributed by atoms with Crippen molar-refractivity contribution in [3.63, 3.8) is 0 Å². The minimum absolute atomic E-state index is 0.290. The minimum Gasteiger partial charge on any atom is -0.476 e. The van der Waals surface area contributed by atoms with Crippen LogP contribution in [0.2, 0.25) is 0 Å². The molecule has 3 N–H and O–H groups in total. The highest BCUT2D eigenvalue weighted by Gasteiger charge is 2.13. The van der Waals surface area contributed by atoms with E-state index >= 15 is 0 Å². The third-order valence-corrected chi connectivity index (χ3v) is 3.08. The molecule has 0 aliphatic carbocycles. The van der Waals surface area contributed by atoms with Gasteiger partial charge >= 0.3 is 6.09 Å². The number of nitrogens with two attached hydrogens (primary N) is 1. The van der Waals surface area contributed by atoms with Crippen molar-refractivity contribution >= 4 is 17.6 Å². The van der Waals surface area contributed by atoms with Crippen LogP contribution in [-0.4, -0.2) is 57.1 Å². The number of hydrogen-bond donors (Lipinski definition) is 2. The van der Waals surface area contributed by atoms with Crippen LogP contribution in [0.4, 0.5) is 16.3 Å². The molecule has 0 atom stereocenters. The van der Waals surface area contributed by atoms with Gasteiger partial charge in [-0.3, -0.25) is 0 Å². The lowest BCUT2D eigenvalue weighted by atomic mass is 10.3. The van der Waals surface area contributed by atoms with Crippen LogP contribution in [0.15, 0.2) is 12.1 Å². The molecule has 8 nitrogen and oxygen atoms in total. The second-order valence-corrected chi connectivity index (χ2v) is 4.68. The summed E-state index contributed by atoms with van der Waals surface area (Å²) in [7, 11) is 0. The second-order valence-electron chi connectivity index (χ2n) is 4.68. The molecule has 1 aliphatic rings. The Kier molecular flexibility index (Phi) is 6.08. The van der Waals surface area contributed by atoms with Gasteiger partial charge < -0.3 is 30.2 Å². The van der Waals surface area contributed by atoms with Crippen molar-refractivity contribution in [1.82, 2.24) is 10.3 Å². The van der Waals surface area contributed by atoms with Crippen LogP contribution in [0.25, 0.3) is 0 Å². The number of morpholine rings is 1. The Bertz CT molecular complexity index is 492. The normalized spacial score (nSPS) is 14.5. The van der Waals surface area contributed by atoms with E-state index in [1.54, 1.807) is 6.92 Å². The first kappa shape index (κ1) is 16.2. The Labute approximate surface area is 129 Å². The summed E-state index contributed by atoms with van der Waals surface area (Å²) >= 11 is 0. The molecule has 1 aromatic heterocycles. The fraction of sp³-hybridized carbons (Fsp3) is 0.571. The molecule has 0 bridgehead atoms. The van der Waals surface area contributed by atoms with Crippen molar-refractivity contribution in [2.75, 3.05) is 56.7 Å². The topological polar surface area (TPSA) is 98.9 Å². The summed E-state index contributed by atoms with van der Waals surface area (Å²) in [6, 6.07) is 3.65.